The zero-order valence-corrected chi connectivity index (χ0v) is 15.9. The van der Waals surface area contributed by atoms with Gasteiger partial charge < -0.3 is 15.7 Å². The summed E-state index contributed by atoms with van der Waals surface area (Å²) in [7, 11) is 0. The molecule has 1 aromatic rings. The van der Waals surface area contributed by atoms with Crippen LogP contribution in [0.3, 0.4) is 0 Å². The Hall–Kier alpha value is -1.70. The molecule has 4 atom stereocenters. The molecule has 2 fully saturated rings. The average molecular weight is 389 g/mol. The van der Waals surface area contributed by atoms with Crippen molar-refractivity contribution in [3.63, 3.8) is 0 Å². The third-order valence-corrected chi connectivity index (χ3v) is 7.88. The predicted octanol–water partition coefficient (Wildman–Crippen LogP) is 1.59. The van der Waals surface area contributed by atoms with Crippen LogP contribution in [0.25, 0.3) is 0 Å². The maximum absolute atomic E-state index is 13.1. The Bertz CT molecular complexity index is 810. The van der Waals surface area contributed by atoms with E-state index in [1.807, 2.05) is 42.7 Å². The summed E-state index contributed by atoms with van der Waals surface area (Å²) < 4.78 is 0. The summed E-state index contributed by atoms with van der Waals surface area (Å²) in [6.45, 7) is 0. The molecular formula is C19H20N2O3S2. The van der Waals surface area contributed by atoms with Gasteiger partial charge in [-0.2, -0.15) is 0 Å². The van der Waals surface area contributed by atoms with E-state index in [9.17, 15) is 14.7 Å². The number of amides is 2. The van der Waals surface area contributed by atoms with Gasteiger partial charge in [0.1, 0.15) is 0 Å². The van der Waals surface area contributed by atoms with Gasteiger partial charge in [0, 0.05) is 12.8 Å². The van der Waals surface area contributed by atoms with Crippen molar-refractivity contribution >= 4 is 35.3 Å². The Morgan fingerprint density at radius 3 is 2.69 bits per heavy atom. The van der Waals surface area contributed by atoms with Crippen molar-refractivity contribution in [3.8, 4) is 0 Å². The quantitative estimate of drug-likeness (QED) is 0.733. The van der Waals surface area contributed by atoms with Gasteiger partial charge in [-0.1, -0.05) is 54.1 Å². The lowest BCUT2D eigenvalue weighted by Gasteiger charge is -2.43. The number of aliphatic hydroxyl groups is 1. The van der Waals surface area contributed by atoms with Gasteiger partial charge in [0.15, 0.2) is 9.74 Å². The first kappa shape index (κ1) is 17.7. The average Bonchev–Trinajstić information content (AvgIpc) is 3.01. The molecule has 0 bridgehead atoms. The van der Waals surface area contributed by atoms with Gasteiger partial charge in [-0.3, -0.25) is 9.59 Å². The lowest BCUT2D eigenvalue weighted by atomic mass is 9.93. The Morgan fingerprint density at radius 1 is 1.23 bits per heavy atom. The second-order valence-corrected chi connectivity index (χ2v) is 9.31. The normalized spacial score (nSPS) is 35.7. The van der Waals surface area contributed by atoms with Gasteiger partial charge in [0.25, 0.3) is 11.8 Å². The third kappa shape index (κ3) is 2.78. The van der Waals surface area contributed by atoms with Crippen LogP contribution in [0.5, 0.6) is 0 Å². The van der Waals surface area contributed by atoms with Crippen LogP contribution < -0.4 is 10.6 Å². The number of thioether (sulfide) groups is 2. The molecule has 1 spiro atoms. The van der Waals surface area contributed by atoms with Crippen LogP contribution >= 0.6 is 23.5 Å². The van der Waals surface area contributed by atoms with Crippen LogP contribution in [-0.2, 0) is 16.0 Å². The SMILES string of the molecule is CSC1(Cc2ccccc2)NC(=O)C2(CC3=CC=CC(O)C3S2)NC1=O. The van der Waals surface area contributed by atoms with E-state index >= 15 is 0 Å². The third-order valence-electron chi connectivity index (χ3n) is 5.08. The summed E-state index contributed by atoms with van der Waals surface area (Å²) in [5, 5.41) is 16.0. The molecular weight excluding hydrogens is 368 g/mol. The first-order valence-electron chi connectivity index (χ1n) is 8.45. The molecule has 3 aliphatic rings. The number of rotatable bonds is 3. The number of nitrogens with one attached hydrogen (secondary N) is 2. The molecule has 136 valence electrons. The summed E-state index contributed by atoms with van der Waals surface area (Å²) >= 11 is 2.67. The fourth-order valence-electron chi connectivity index (χ4n) is 3.67. The van der Waals surface area contributed by atoms with Crippen molar-refractivity contribution in [2.24, 2.45) is 0 Å². The molecule has 2 saturated heterocycles. The Morgan fingerprint density at radius 2 is 2.00 bits per heavy atom. The summed E-state index contributed by atoms with van der Waals surface area (Å²) in [6.07, 6.45) is 7.48. The van der Waals surface area contributed by atoms with Crippen molar-refractivity contribution < 1.29 is 14.7 Å². The van der Waals surface area contributed by atoms with Gasteiger partial charge in [-0.15, -0.1) is 23.5 Å². The van der Waals surface area contributed by atoms with Gasteiger partial charge >= 0.3 is 0 Å². The molecule has 7 heteroatoms. The summed E-state index contributed by atoms with van der Waals surface area (Å²) in [4.78, 5) is 24.1. The molecule has 2 heterocycles. The largest absolute Gasteiger partial charge is 0.388 e. The fourth-order valence-corrected chi connectivity index (χ4v) is 5.95. The van der Waals surface area contributed by atoms with Gasteiger partial charge in [0.05, 0.1) is 11.4 Å². The lowest BCUT2D eigenvalue weighted by Crippen LogP contribution is -2.72. The number of piperazine rings is 1. The zero-order chi connectivity index (χ0) is 18.4. The molecule has 0 saturated carbocycles. The highest BCUT2D eigenvalue weighted by atomic mass is 32.2. The minimum absolute atomic E-state index is 0.192. The maximum atomic E-state index is 13.1. The number of benzene rings is 1. The molecule has 0 aromatic heterocycles. The van der Waals surface area contributed by atoms with Crippen molar-refractivity contribution in [2.45, 2.75) is 33.9 Å². The van der Waals surface area contributed by atoms with Gasteiger partial charge in [-0.05, 0) is 11.8 Å². The first-order valence-corrected chi connectivity index (χ1v) is 10.6. The molecule has 4 rings (SSSR count). The highest BCUT2D eigenvalue weighted by Gasteiger charge is 2.58. The zero-order valence-electron chi connectivity index (χ0n) is 14.3. The van der Waals surface area contributed by atoms with Crippen molar-refractivity contribution in [1.29, 1.82) is 0 Å². The molecule has 1 aromatic carbocycles. The van der Waals surface area contributed by atoms with E-state index in [0.717, 1.165) is 11.1 Å². The van der Waals surface area contributed by atoms with E-state index in [-0.39, 0.29) is 17.1 Å². The van der Waals surface area contributed by atoms with E-state index in [2.05, 4.69) is 10.6 Å². The molecule has 26 heavy (non-hydrogen) atoms. The highest BCUT2D eigenvalue weighted by Crippen LogP contribution is 2.50. The van der Waals surface area contributed by atoms with Crippen molar-refractivity contribution in [2.75, 3.05) is 6.26 Å². The van der Waals surface area contributed by atoms with Crippen LogP contribution in [0.1, 0.15) is 12.0 Å². The summed E-state index contributed by atoms with van der Waals surface area (Å²) in [6, 6.07) is 9.67. The van der Waals surface area contributed by atoms with Gasteiger partial charge in [0.2, 0.25) is 0 Å². The Kier molecular flexibility index (Phi) is 4.41. The molecule has 0 radical (unpaired) electrons. The number of hydrogen-bond donors (Lipinski definition) is 3. The van der Waals surface area contributed by atoms with Crippen LogP contribution in [0, 0.1) is 0 Å². The minimum Gasteiger partial charge on any atom is -0.388 e. The van der Waals surface area contributed by atoms with E-state index in [1.165, 1.54) is 23.5 Å². The first-order chi connectivity index (χ1) is 12.5. The maximum Gasteiger partial charge on any atom is 0.258 e. The second kappa shape index (κ2) is 6.48. The fraction of sp³-hybridized carbons (Fsp3) is 0.368. The number of fused-ring (bicyclic) bond motifs is 1. The molecule has 2 amide bonds. The van der Waals surface area contributed by atoms with Crippen LogP contribution in [0.4, 0.5) is 0 Å². The van der Waals surface area contributed by atoms with Crippen molar-refractivity contribution in [3.05, 3.63) is 59.7 Å². The van der Waals surface area contributed by atoms with Crippen LogP contribution in [0.15, 0.2) is 54.1 Å². The molecule has 3 N–H and O–H groups in total. The number of carbonyl (C=O) groups excluding carboxylic acids is 2. The molecule has 1 aliphatic carbocycles. The van der Waals surface area contributed by atoms with E-state index in [0.29, 0.717) is 12.8 Å². The van der Waals surface area contributed by atoms with E-state index < -0.39 is 15.8 Å². The van der Waals surface area contributed by atoms with Crippen molar-refractivity contribution in [1.82, 2.24) is 10.6 Å². The highest BCUT2D eigenvalue weighted by molar-refractivity contribution is 8.02. The summed E-state index contributed by atoms with van der Waals surface area (Å²) in [5.74, 6) is -0.391. The van der Waals surface area contributed by atoms with Crippen LogP contribution in [0.2, 0.25) is 0 Å². The van der Waals surface area contributed by atoms with E-state index in [4.69, 9.17) is 0 Å². The Labute approximate surface area is 160 Å². The smallest absolute Gasteiger partial charge is 0.258 e. The topological polar surface area (TPSA) is 78.4 Å². The monoisotopic (exact) mass is 388 g/mol. The number of aliphatic hydroxyl groups excluding tert-OH is 1. The minimum atomic E-state index is -1.05. The van der Waals surface area contributed by atoms with E-state index in [1.54, 1.807) is 12.2 Å². The predicted molar refractivity (Wildman–Crippen MR) is 105 cm³/mol. The molecule has 2 aliphatic heterocycles. The number of hydrogen-bond acceptors (Lipinski definition) is 5. The molecule has 5 nitrogen and oxygen atoms in total. The van der Waals surface area contributed by atoms with Gasteiger partial charge in [-0.25, -0.2) is 0 Å². The standard InChI is InChI=1S/C19H20N2O3S2/c1-25-18(10-12-6-3-2-4-7-12)16(23)21-19(17(24)20-18)11-13-8-5-9-14(22)15(13)26-19/h2-9,14-15,22H,10-11H2,1H3,(H,20,24)(H,21,23). The molecule has 4 unspecified atom stereocenters. The number of allylic oxidation sites excluding steroid dienone is 2. The Balaban J connectivity index is 1.60. The number of carbonyl (C=O) groups is 2. The summed E-state index contributed by atoms with van der Waals surface area (Å²) in [5.41, 5.74) is 1.98. The second-order valence-electron chi connectivity index (χ2n) is 6.76. The van der Waals surface area contributed by atoms with Crippen LogP contribution in [-0.4, -0.2) is 44.3 Å². The lowest BCUT2D eigenvalue weighted by molar-refractivity contribution is -0.139.